The summed E-state index contributed by atoms with van der Waals surface area (Å²) in [6.07, 6.45) is 0. The van der Waals surface area contributed by atoms with E-state index in [0.717, 1.165) is 34.1 Å². The number of rotatable bonds is 12. The fourth-order valence-electron chi connectivity index (χ4n) is 11.2. The normalized spacial score (nSPS) is 11.7. The first-order valence-corrected chi connectivity index (χ1v) is 25.9. The lowest BCUT2D eigenvalue weighted by Crippen LogP contribution is -2.13. The molecule has 356 valence electrons. The van der Waals surface area contributed by atoms with Crippen LogP contribution in [0.1, 0.15) is 71.6 Å². The molecular formula is C72H58N2. The van der Waals surface area contributed by atoms with Crippen molar-refractivity contribution in [3.8, 4) is 0 Å². The Labute approximate surface area is 436 Å². The Morgan fingerprint density at radius 3 is 0.919 bits per heavy atom. The molecular weight excluding hydrogens is 893 g/mol. The topological polar surface area (TPSA) is 6.48 Å². The van der Waals surface area contributed by atoms with Gasteiger partial charge < -0.3 is 9.80 Å². The average Bonchev–Trinajstić information content (AvgIpc) is 3.46. The van der Waals surface area contributed by atoms with Gasteiger partial charge in [-0.05, 0) is 133 Å². The molecule has 0 spiro atoms. The number of nitrogens with zero attached hydrogens (tertiary/aromatic N) is 2. The van der Waals surface area contributed by atoms with Crippen LogP contribution in [0.5, 0.6) is 0 Å². The van der Waals surface area contributed by atoms with Crippen molar-refractivity contribution >= 4 is 66.4 Å². The number of para-hydroxylation sites is 2. The highest BCUT2D eigenvalue weighted by atomic mass is 15.2. The molecule has 0 aliphatic carbocycles. The second-order valence-electron chi connectivity index (χ2n) is 20.5. The second kappa shape index (κ2) is 19.9. The summed E-state index contributed by atoms with van der Waals surface area (Å²) in [6.45, 7) is 6.94. The Morgan fingerprint density at radius 1 is 0.243 bits per heavy atom. The SMILES string of the molecule is CC(C)(C)c1ccc2c(c1)c(N(c1ccccc1)c1ccc(C(c3ccccc3)c3ccccc3)cc1)cc1c3ccccc3c(N(c3ccccc3)c3ccc(C(c4ccccc4)c4ccccc4)cc3)cc21. The number of anilines is 6. The average molecular weight is 951 g/mol. The second-order valence-corrected chi connectivity index (χ2v) is 20.5. The summed E-state index contributed by atoms with van der Waals surface area (Å²) in [4.78, 5) is 4.92. The zero-order valence-corrected chi connectivity index (χ0v) is 42.2. The molecule has 12 aromatic rings. The molecule has 0 heterocycles. The van der Waals surface area contributed by atoms with E-state index in [4.69, 9.17) is 0 Å². The molecule has 0 aliphatic rings. The maximum Gasteiger partial charge on any atom is 0.0546 e. The van der Waals surface area contributed by atoms with Crippen LogP contribution in [0.2, 0.25) is 0 Å². The van der Waals surface area contributed by atoms with Crippen molar-refractivity contribution in [2.75, 3.05) is 9.80 Å². The van der Waals surface area contributed by atoms with Crippen LogP contribution >= 0.6 is 0 Å². The first kappa shape index (κ1) is 46.1. The van der Waals surface area contributed by atoms with Gasteiger partial charge in [-0.1, -0.05) is 239 Å². The van der Waals surface area contributed by atoms with E-state index < -0.39 is 0 Å². The molecule has 0 aromatic heterocycles. The number of fused-ring (bicyclic) bond motifs is 5. The molecule has 0 atom stereocenters. The molecule has 0 unspecified atom stereocenters. The zero-order chi connectivity index (χ0) is 50.0. The lowest BCUT2D eigenvalue weighted by atomic mass is 9.84. The Hall–Kier alpha value is -8.98. The van der Waals surface area contributed by atoms with Crippen molar-refractivity contribution in [3.63, 3.8) is 0 Å². The smallest absolute Gasteiger partial charge is 0.0546 e. The van der Waals surface area contributed by atoms with Crippen molar-refractivity contribution in [1.82, 2.24) is 0 Å². The van der Waals surface area contributed by atoms with E-state index in [9.17, 15) is 0 Å². The Bertz CT molecular complexity index is 3750. The summed E-state index contributed by atoms with van der Waals surface area (Å²) < 4.78 is 0. The quantitative estimate of drug-likeness (QED) is 0.0889. The highest BCUT2D eigenvalue weighted by molar-refractivity contribution is 6.24. The molecule has 0 fully saturated rings. The first-order valence-electron chi connectivity index (χ1n) is 25.9. The van der Waals surface area contributed by atoms with Gasteiger partial charge in [0.2, 0.25) is 0 Å². The minimum Gasteiger partial charge on any atom is -0.310 e. The third kappa shape index (κ3) is 8.90. The van der Waals surface area contributed by atoms with Gasteiger partial charge in [-0.15, -0.1) is 0 Å². The van der Waals surface area contributed by atoms with Crippen LogP contribution < -0.4 is 9.80 Å². The summed E-state index contributed by atoms with van der Waals surface area (Å²) in [5, 5.41) is 7.21. The van der Waals surface area contributed by atoms with Crippen LogP contribution in [0, 0.1) is 0 Å². The van der Waals surface area contributed by atoms with E-state index in [0.29, 0.717) is 0 Å². The van der Waals surface area contributed by atoms with Crippen molar-refractivity contribution in [2.45, 2.75) is 38.0 Å². The van der Waals surface area contributed by atoms with Gasteiger partial charge in [0.05, 0.1) is 11.4 Å². The predicted molar refractivity (Wildman–Crippen MR) is 315 cm³/mol. The number of hydrogen-bond acceptors (Lipinski definition) is 2. The van der Waals surface area contributed by atoms with Crippen molar-refractivity contribution < 1.29 is 0 Å². The van der Waals surface area contributed by atoms with Crippen LogP contribution in [0.25, 0.3) is 32.3 Å². The van der Waals surface area contributed by atoms with E-state index in [1.165, 1.54) is 71.3 Å². The highest BCUT2D eigenvalue weighted by Crippen LogP contribution is 2.49. The molecule has 2 heteroatoms. The third-order valence-electron chi connectivity index (χ3n) is 14.8. The monoisotopic (exact) mass is 950 g/mol. The molecule has 0 bridgehead atoms. The van der Waals surface area contributed by atoms with Crippen LogP contribution in [0.3, 0.4) is 0 Å². The van der Waals surface area contributed by atoms with Crippen LogP contribution in [-0.4, -0.2) is 0 Å². The van der Waals surface area contributed by atoms with E-state index in [1.54, 1.807) is 0 Å². The van der Waals surface area contributed by atoms with Gasteiger partial charge in [0, 0.05) is 45.4 Å². The molecule has 12 aromatic carbocycles. The highest BCUT2D eigenvalue weighted by Gasteiger charge is 2.25. The summed E-state index contributed by atoms with van der Waals surface area (Å²) >= 11 is 0. The van der Waals surface area contributed by atoms with Gasteiger partial charge in [0.15, 0.2) is 0 Å². The van der Waals surface area contributed by atoms with E-state index in [2.05, 4.69) is 316 Å². The molecule has 0 amide bonds. The fraction of sp³-hybridized carbons (Fsp3) is 0.0833. The molecule has 0 N–H and O–H groups in total. The Morgan fingerprint density at radius 2 is 0.541 bits per heavy atom. The van der Waals surface area contributed by atoms with Gasteiger partial charge in [-0.2, -0.15) is 0 Å². The minimum absolute atomic E-state index is 0.0750. The molecule has 0 aliphatic heterocycles. The summed E-state index contributed by atoms with van der Waals surface area (Å²) in [5.41, 5.74) is 15.5. The van der Waals surface area contributed by atoms with Crippen molar-refractivity contribution in [3.05, 3.63) is 324 Å². The maximum absolute atomic E-state index is 2.47. The number of benzene rings is 12. The molecule has 0 radical (unpaired) electrons. The van der Waals surface area contributed by atoms with Crippen molar-refractivity contribution in [2.24, 2.45) is 0 Å². The van der Waals surface area contributed by atoms with Crippen molar-refractivity contribution in [1.29, 1.82) is 0 Å². The minimum atomic E-state index is -0.0750. The van der Waals surface area contributed by atoms with Crippen LogP contribution in [0.15, 0.2) is 285 Å². The third-order valence-corrected chi connectivity index (χ3v) is 14.8. The Kier molecular flexibility index (Phi) is 12.4. The van der Waals surface area contributed by atoms with E-state index in [-0.39, 0.29) is 17.3 Å². The molecule has 74 heavy (non-hydrogen) atoms. The van der Waals surface area contributed by atoms with Gasteiger partial charge in [-0.3, -0.25) is 0 Å². The van der Waals surface area contributed by atoms with Gasteiger partial charge in [0.1, 0.15) is 0 Å². The van der Waals surface area contributed by atoms with E-state index >= 15 is 0 Å². The molecule has 12 rings (SSSR count). The fourth-order valence-corrected chi connectivity index (χ4v) is 11.2. The molecule has 0 saturated carbocycles. The zero-order valence-electron chi connectivity index (χ0n) is 42.2. The number of hydrogen-bond donors (Lipinski definition) is 0. The molecule has 2 nitrogen and oxygen atoms in total. The summed E-state index contributed by atoms with van der Waals surface area (Å²) in [5.74, 6) is 0.201. The van der Waals surface area contributed by atoms with Gasteiger partial charge in [-0.25, -0.2) is 0 Å². The van der Waals surface area contributed by atoms with Crippen LogP contribution in [-0.2, 0) is 5.41 Å². The maximum atomic E-state index is 2.47. The summed E-state index contributed by atoms with van der Waals surface area (Å²) in [6, 6.07) is 105. The van der Waals surface area contributed by atoms with Gasteiger partial charge >= 0.3 is 0 Å². The first-order chi connectivity index (χ1) is 36.4. The molecule has 0 saturated heterocycles. The largest absolute Gasteiger partial charge is 0.310 e. The van der Waals surface area contributed by atoms with Gasteiger partial charge in [0.25, 0.3) is 0 Å². The lowest BCUT2D eigenvalue weighted by molar-refractivity contribution is 0.591. The summed E-state index contributed by atoms with van der Waals surface area (Å²) in [7, 11) is 0. The standard InChI is InChI=1S/C72H58N2/c1-72(2,3)57-42-47-63-66-49-68(73(58-32-18-8-19-33-58)60-43-38-55(39-44-60)70(51-24-10-4-11-25-51)52-26-12-5-13-27-52)64-37-23-22-36-62(64)65(66)50-69(67(63)48-57)74(59-34-20-9-21-35-59)61-45-40-56(41-46-61)71(53-28-14-6-15-29-53)54-30-16-7-17-31-54/h4-50,70-71H,1-3H3. The van der Waals surface area contributed by atoms with E-state index in [1.807, 2.05) is 0 Å². The predicted octanol–water partition coefficient (Wildman–Crippen LogP) is 19.7. The lowest BCUT2D eigenvalue weighted by Gasteiger charge is -2.31. The Balaban J connectivity index is 1.06. The van der Waals surface area contributed by atoms with Crippen LogP contribution in [0.4, 0.5) is 34.1 Å².